The first-order valence-electron chi connectivity index (χ1n) is 7.29. The van der Waals surface area contributed by atoms with Crippen LogP contribution in [0.5, 0.6) is 0 Å². The molecule has 7 heteroatoms. The molecule has 6 nitrogen and oxygen atoms in total. The molecule has 0 fully saturated rings. The fourth-order valence-corrected chi connectivity index (χ4v) is 2.93. The molecule has 3 N–H and O–H groups in total. The summed E-state index contributed by atoms with van der Waals surface area (Å²) in [5.41, 5.74) is 6.47. The Morgan fingerprint density at radius 2 is 1.76 bits per heavy atom. The summed E-state index contributed by atoms with van der Waals surface area (Å²) in [4.78, 5) is 22.3. The minimum absolute atomic E-state index is 0.00723. The van der Waals surface area contributed by atoms with Gasteiger partial charge in [-0.3, -0.25) is 9.59 Å². The number of nitrogens with two attached hydrogens (primary N) is 1. The highest BCUT2D eigenvalue weighted by atomic mass is 32.2. The minimum Gasteiger partial charge on any atom is -0.366 e. The molecule has 0 saturated carbocycles. The Hall–Kier alpha value is -2.95. The SMILES string of the molecule is CC(=O)c1cccc(S(=O)(=O)NCC#Cc2ccc(C(N)=O)cc2)c1. The maximum absolute atomic E-state index is 12.2. The third-order valence-electron chi connectivity index (χ3n) is 3.30. The first-order valence-corrected chi connectivity index (χ1v) is 8.77. The molecule has 0 saturated heterocycles. The highest BCUT2D eigenvalue weighted by Crippen LogP contribution is 2.11. The average molecular weight is 356 g/mol. The Balaban J connectivity index is 2.05. The monoisotopic (exact) mass is 356 g/mol. The molecule has 0 unspecified atom stereocenters. The van der Waals surface area contributed by atoms with Crippen molar-refractivity contribution in [3.8, 4) is 11.8 Å². The zero-order valence-electron chi connectivity index (χ0n) is 13.4. The van der Waals surface area contributed by atoms with Crippen molar-refractivity contribution in [2.24, 2.45) is 5.73 Å². The highest BCUT2D eigenvalue weighted by Gasteiger charge is 2.14. The van der Waals surface area contributed by atoms with Gasteiger partial charge in [0.1, 0.15) is 0 Å². The number of amides is 1. The molecule has 1 amide bonds. The molecule has 0 aromatic heterocycles. The molecule has 0 aliphatic heterocycles. The van der Waals surface area contributed by atoms with E-state index in [9.17, 15) is 18.0 Å². The molecule has 0 aliphatic rings. The molecule has 2 aromatic rings. The summed E-state index contributed by atoms with van der Waals surface area (Å²) in [6.07, 6.45) is 0. The number of rotatable bonds is 5. The molecule has 0 heterocycles. The van der Waals surface area contributed by atoms with Crippen LogP contribution in [0, 0.1) is 11.8 Å². The number of carbonyl (C=O) groups is 2. The number of carbonyl (C=O) groups excluding carboxylic acids is 2. The molecular weight excluding hydrogens is 340 g/mol. The van der Waals surface area contributed by atoms with Crippen LogP contribution in [-0.2, 0) is 10.0 Å². The van der Waals surface area contributed by atoms with E-state index in [4.69, 9.17) is 5.73 Å². The van der Waals surface area contributed by atoms with Gasteiger partial charge >= 0.3 is 0 Å². The van der Waals surface area contributed by atoms with Crippen LogP contribution in [0.1, 0.15) is 33.2 Å². The van der Waals surface area contributed by atoms with Gasteiger partial charge < -0.3 is 5.73 Å². The zero-order chi connectivity index (χ0) is 18.4. The van der Waals surface area contributed by atoms with Crippen LogP contribution < -0.4 is 10.5 Å². The summed E-state index contributed by atoms with van der Waals surface area (Å²) in [5, 5.41) is 0. The Morgan fingerprint density at radius 1 is 1.08 bits per heavy atom. The molecule has 0 aliphatic carbocycles. The molecule has 0 bridgehead atoms. The first-order chi connectivity index (χ1) is 11.8. The number of ketones is 1. The summed E-state index contributed by atoms with van der Waals surface area (Å²) in [6.45, 7) is 1.28. The van der Waals surface area contributed by atoms with Crippen LogP contribution in [0.25, 0.3) is 0 Å². The lowest BCUT2D eigenvalue weighted by Gasteiger charge is -2.05. The van der Waals surface area contributed by atoms with Crippen molar-refractivity contribution in [2.75, 3.05) is 6.54 Å². The van der Waals surface area contributed by atoms with Gasteiger partial charge in [-0.05, 0) is 43.3 Å². The van der Waals surface area contributed by atoms with Crippen molar-refractivity contribution in [3.63, 3.8) is 0 Å². The largest absolute Gasteiger partial charge is 0.366 e. The predicted molar refractivity (Wildman–Crippen MR) is 93.5 cm³/mol. The Kier molecular flexibility index (Phi) is 5.70. The average Bonchev–Trinajstić information content (AvgIpc) is 2.59. The van der Waals surface area contributed by atoms with Crippen molar-refractivity contribution in [1.29, 1.82) is 0 Å². The topological polar surface area (TPSA) is 106 Å². The van der Waals surface area contributed by atoms with Crippen molar-refractivity contribution in [3.05, 3.63) is 65.2 Å². The molecule has 2 aromatic carbocycles. The zero-order valence-corrected chi connectivity index (χ0v) is 14.3. The van der Waals surface area contributed by atoms with Crippen LogP contribution in [0.15, 0.2) is 53.4 Å². The number of sulfonamides is 1. The number of benzene rings is 2. The first kappa shape index (κ1) is 18.4. The van der Waals surface area contributed by atoms with Gasteiger partial charge in [0, 0.05) is 16.7 Å². The fraction of sp³-hybridized carbons (Fsp3) is 0.111. The van der Waals surface area contributed by atoms with Gasteiger partial charge in [-0.1, -0.05) is 24.0 Å². The normalized spacial score (nSPS) is 10.6. The lowest BCUT2D eigenvalue weighted by Crippen LogP contribution is -2.24. The van der Waals surface area contributed by atoms with Crippen LogP contribution in [0.2, 0.25) is 0 Å². The van der Waals surface area contributed by atoms with Crippen molar-refractivity contribution in [1.82, 2.24) is 4.72 Å². The number of primary amides is 1. The van der Waals surface area contributed by atoms with Gasteiger partial charge in [0.15, 0.2) is 5.78 Å². The predicted octanol–water partition coefficient (Wildman–Crippen LogP) is 1.32. The number of hydrogen-bond acceptors (Lipinski definition) is 4. The highest BCUT2D eigenvalue weighted by molar-refractivity contribution is 7.89. The van der Waals surface area contributed by atoms with Crippen LogP contribution in [0.3, 0.4) is 0 Å². The van der Waals surface area contributed by atoms with E-state index in [0.29, 0.717) is 16.7 Å². The summed E-state index contributed by atoms with van der Waals surface area (Å²) in [6, 6.07) is 12.1. The maximum Gasteiger partial charge on any atom is 0.248 e. The Labute approximate surface area is 146 Å². The van der Waals surface area contributed by atoms with Crippen molar-refractivity contribution in [2.45, 2.75) is 11.8 Å². The van der Waals surface area contributed by atoms with Gasteiger partial charge in [0.05, 0.1) is 11.4 Å². The molecule has 0 atom stereocenters. The second kappa shape index (κ2) is 7.75. The molecular formula is C18H16N2O4S. The summed E-state index contributed by atoms with van der Waals surface area (Å²) in [5.74, 6) is 4.73. The van der Waals surface area contributed by atoms with Crippen molar-refractivity contribution >= 4 is 21.7 Å². The van der Waals surface area contributed by atoms with Gasteiger partial charge in [-0.15, -0.1) is 0 Å². The summed E-state index contributed by atoms with van der Waals surface area (Å²) in [7, 11) is -3.75. The van der Waals surface area contributed by atoms with Crippen LogP contribution >= 0.6 is 0 Å². The smallest absolute Gasteiger partial charge is 0.248 e. The van der Waals surface area contributed by atoms with E-state index >= 15 is 0 Å². The quantitative estimate of drug-likeness (QED) is 0.622. The van der Waals surface area contributed by atoms with Crippen LogP contribution in [0.4, 0.5) is 0 Å². The molecule has 2 rings (SSSR count). The maximum atomic E-state index is 12.2. The molecule has 0 radical (unpaired) electrons. The molecule has 0 spiro atoms. The van der Waals surface area contributed by atoms with E-state index in [0.717, 1.165) is 0 Å². The number of Topliss-reactive ketones (excluding diaryl/α,β-unsaturated/α-hetero) is 1. The third-order valence-corrected chi connectivity index (χ3v) is 4.70. The third kappa shape index (κ3) is 5.01. The lowest BCUT2D eigenvalue weighted by atomic mass is 10.1. The molecule has 25 heavy (non-hydrogen) atoms. The lowest BCUT2D eigenvalue weighted by molar-refractivity contribution is 0.0996. The van der Waals surface area contributed by atoms with E-state index in [1.165, 1.54) is 25.1 Å². The van der Waals surface area contributed by atoms with Crippen LogP contribution in [-0.4, -0.2) is 26.7 Å². The minimum atomic E-state index is -3.75. The number of hydrogen-bond donors (Lipinski definition) is 2. The fourth-order valence-electron chi connectivity index (χ4n) is 1.96. The van der Waals surface area contributed by atoms with E-state index in [1.807, 2.05) is 0 Å². The summed E-state index contributed by atoms with van der Waals surface area (Å²) >= 11 is 0. The van der Waals surface area contributed by atoms with Gasteiger partial charge in [-0.2, -0.15) is 4.72 Å². The standard InChI is InChI=1S/C18H16N2O4S/c1-13(21)16-5-2-6-17(12-16)25(23,24)20-11-3-4-14-7-9-15(10-8-14)18(19)22/h2,5-10,12,20H,11H2,1H3,(H2,19,22). The Bertz CT molecular complexity index is 968. The number of nitrogens with one attached hydrogen (secondary N) is 1. The van der Waals surface area contributed by atoms with E-state index in [-0.39, 0.29) is 17.2 Å². The second-order valence-corrected chi connectivity index (χ2v) is 6.92. The van der Waals surface area contributed by atoms with E-state index < -0.39 is 15.9 Å². The van der Waals surface area contributed by atoms with Crippen molar-refractivity contribution < 1.29 is 18.0 Å². The van der Waals surface area contributed by atoms with Gasteiger partial charge in [-0.25, -0.2) is 8.42 Å². The van der Waals surface area contributed by atoms with E-state index in [1.54, 1.807) is 30.3 Å². The van der Waals surface area contributed by atoms with Gasteiger partial charge in [0.25, 0.3) is 0 Å². The van der Waals surface area contributed by atoms with Gasteiger partial charge in [0.2, 0.25) is 15.9 Å². The Morgan fingerprint density at radius 3 is 2.36 bits per heavy atom. The second-order valence-electron chi connectivity index (χ2n) is 5.15. The summed E-state index contributed by atoms with van der Waals surface area (Å²) < 4.78 is 26.7. The van der Waals surface area contributed by atoms with E-state index in [2.05, 4.69) is 16.6 Å². The molecule has 128 valence electrons.